The molecule has 0 bridgehead atoms. The quantitative estimate of drug-likeness (QED) is 0.659. The average Bonchev–Trinajstić information content (AvgIpc) is 2.06. The summed E-state index contributed by atoms with van der Waals surface area (Å²) in [6.07, 6.45) is 0. The van der Waals surface area contributed by atoms with Crippen molar-refractivity contribution in [3.8, 4) is 0 Å². The van der Waals surface area contributed by atoms with Gasteiger partial charge in [-0.25, -0.2) is 0 Å². The lowest BCUT2D eigenvalue weighted by Crippen LogP contribution is -2.74. The minimum Gasteiger partial charge on any atom is -0.475 e. The molecule has 0 unspecified atom stereocenters. The van der Waals surface area contributed by atoms with Crippen LogP contribution >= 0.6 is 0 Å². The van der Waals surface area contributed by atoms with Gasteiger partial charge in [0.25, 0.3) is 0 Å². The first-order valence-corrected chi connectivity index (χ1v) is 4.43. The molecule has 0 aliphatic carbocycles. The normalized spacial score (nSPS) is 10.7. The second-order valence-electron chi connectivity index (χ2n) is 3.39. The monoisotopic (exact) mass is 165 g/mol. The van der Waals surface area contributed by atoms with Gasteiger partial charge in [-0.05, 0) is 11.5 Å². The maximum Gasteiger partial charge on any atom is 0.0773 e. The fourth-order valence-electron chi connectivity index (χ4n) is 1.21. The molecule has 1 aromatic carbocycles. The molecule has 1 nitrogen and oxygen atoms in total. The Hall–Kier alpha value is -0.820. The van der Waals surface area contributed by atoms with Crippen molar-refractivity contribution in [3.63, 3.8) is 0 Å². The third-order valence-corrected chi connectivity index (χ3v) is 2.03. The Morgan fingerprint density at radius 2 is 1.92 bits per heavy atom. The van der Waals surface area contributed by atoms with Gasteiger partial charge in [0.1, 0.15) is 0 Å². The highest BCUT2D eigenvalue weighted by Gasteiger charge is 1.97. The van der Waals surface area contributed by atoms with E-state index in [1.807, 2.05) is 5.32 Å². The molecule has 0 spiro atoms. The zero-order valence-corrected chi connectivity index (χ0v) is 7.88. The molecule has 1 rings (SSSR count). The molecule has 12 heavy (non-hydrogen) atoms. The molecule has 0 radical (unpaired) electrons. The standard InChI is InChI=1S/C11H17N.H2/c1-9(2)11-6-4-10(5-7-11)8-12-3;/h4-7,9H,3,8,12H2,1-2H3;1H. The summed E-state index contributed by atoms with van der Waals surface area (Å²) in [5.41, 5.74) is 2.75. The van der Waals surface area contributed by atoms with Crippen LogP contribution in [0.2, 0.25) is 0 Å². The molecule has 68 valence electrons. The van der Waals surface area contributed by atoms with Crippen LogP contribution in [0.25, 0.3) is 0 Å². The summed E-state index contributed by atoms with van der Waals surface area (Å²) in [6, 6.07) is 8.75. The van der Waals surface area contributed by atoms with E-state index in [2.05, 4.69) is 45.2 Å². The van der Waals surface area contributed by atoms with E-state index in [1.165, 1.54) is 11.1 Å². The first kappa shape index (κ1) is 9.27. The van der Waals surface area contributed by atoms with Crippen molar-refractivity contribution in [3.05, 3.63) is 42.4 Å². The van der Waals surface area contributed by atoms with Crippen LogP contribution in [0.5, 0.6) is 0 Å². The number of quaternary nitrogens is 1. The highest BCUT2D eigenvalue weighted by Crippen LogP contribution is 2.13. The van der Waals surface area contributed by atoms with Gasteiger partial charge >= 0.3 is 0 Å². The van der Waals surface area contributed by atoms with Crippen LogP contribution in [0.1, 0.15) is 32.3 Å². The van der Waals surface area contributed by atoms with Crippen LogP contribution in [-0.2, 0) is 6.54 Å². The summed E-state index contributed by atoms with van der Waals surface area (Å²) >= 11 is 0. The lowest BCUT2D eigenvalue weighted by atomic mass is 10.0. The van der Waals surface area contributed by atoms with Gasteiger partial charge in [0.05, 0.1) is 6.54 Å². The second kappa shape index (κ2) is 4.27. The maximum absolute atomic E-state index is 3.71. The second-order valence-corrected chi connectivity index (χ2v) is 3.39. The van der Waals surface area contributed by atoms with Crippen molar-refractivity contribution in [2.24, 2.45) is 0 Å². The fourth-order valence-corrected chi connectivity index (χ4v) is 1.21. The van der Waals surface area contributed by atoms with Gasteiger partial charge in [0.15, 0.2) is 0 Å². The van der Waals surface area contributed by atoms with E-state index in [9.17, 15) is 0 Å². The summed E-state index contributed by atoms with van der Waals surface area (Å²) in [5, 5.41) is 1.93. The maximum atomic E-state index is 3.71. The third-order valence-electron chi connectivity index (χ3n) is 2.03. The summed E-state index contributed by atoms with van der Waals surface area (Å²) in [4.78, 5) is 0. The zero-order valence-electron chi connectivity index (χ0n) is 7.88. The number of hydrogen-bond donors (Lipinski definition) is 1. The predicted octanol–water partition coefficient (Wildman–Crippen LogP) is 1.91. The smallest absolute Gasteiger partial charge is 0.0773 e. The van der Waals surface area contributed by atoms with Crippen molar-refractivity contribution in [2.75, 3.05) is 0 Å². The molecule has 0 saturated carbocycles. The average molecular weight is 165 g/mol. The van der Waals surface area contributed by atoms with Gasteiger partial charge in [-0.15, -0.1) is 0 Å². The van der Waals surface area contributed by atoms with E-state index in [4.69, 9.17) is 0 Å². The van der Waals surface area contributed by atoms with E-state index in [0.717, 1.165) is 6.54 Å². The van der Waals surface area contributed by atoms with E-state index < -0.39 is 0 Å². The molecular weight excluding hydrogens is 146 g/mol. The topological polar surface area (TPSA) is 16.6 Å². The lowest BCUT2D eigenvalue weighted by molar-refractivity contribution is -0.612. The largest absolute Gasteiger partial charge is 0.475 e. The number of rotatable bonds is 3. The van der Waals surface area contributed by atoms with Crippen LogP contribution in [0.4, 0.5) is 0 Å². The van der Waals surface area contributed by atoms with Crippen LogP contribution in [0, 0.1) is 7.05 Å². The van der Waals surface area contributed by atoms with Crippen molar-refractivity contribution in [1.29, 1.82) is 0 Å². The first-order valence-electron chi connectivity index (χ1n) is 4.43. The van der Waals surface area contributed by atoms with Crippen molar-refractivity contribution in [2.45, 2.75) is 26.3 Å². The van der Waals surface area contributed by atoms with Gasteiger partial charge < -0.3 is 5.32 Å². The minimum atomic E-state index is 0. The molecule has 0 fully saturated rings. The number of nitrogens with two attached hydrogens (primary N) is 1. The van der Waals surface area contributed by atoms with Crippen LogP contribution in [0.15, 0.2) is 24.3 Å². The molecule has 0 saturated heterocycles. The van der Waals surface area contributed by atoms with E-state index in [-0.39, 0.29) is 1.43 Å². The summed E-state index contributed by atoms with van der Waals surface area (Å²) in [7, 11) is 3.71. The Kier molecular flexibility index (Phi) is 3.30. The number of benzene rings is 1. The number of hydrogen-bond acceptors (Lipinski definition) is 0. The minimum absolute atomic E-state index is 0. The summed E-state index contributed by atoms with van der Waals surface area (Å²) < 4.78 is 0. The molecule has 0 heterocycles. The molecule has 0 amide bonds. The van der Waals surface area contributed by atoms with Crippen LogP contribution in [-0.4, -0.2) is 0 Å². The molecule has 0 aliphatic heterocycles. The van der Waals surface area contributed by atoms with Gasteiger partial charge in [-0.1, -0.05) is 38.1 Å². The molecule has 0 aromatic heterocycles. The lowest BCUT2D eigenvalue weighted by Gasteiger charge is -2.06. The van der Waals surface area contributed by atoms with Gasteiger partial charge in [-0.3, -0.25) is 0 Å². The van der Waals surface area contributed by atoms with Crippen LogP contribution < -0.4 is 5.32 Å². The molecule has 0 aliphatic rings. The highest BCUT2D eigenvalue weighted by molar-refractivity contribution is 5.23. The Labute approximate surface area is 76.3 Å². The molecule has 1 aromatic rings. The predicted molar refractivity (Wildman–Crippen MR) is 53.6 cm³/mol. The van der Waals surface area contributed by atoms with Crippen molar-refractivity contribution in [1.82, 2.24) is 0 Å². The Balaban J connectivity index is 0.00000144. The highest BCUT2D eigenvalue weighted by atomic mass is 14.8. The zero-order chi connectivity index (χ0) is 8.97. The third kappa shape index (κ3) is 2.35. The van der Waals surface area contributed by atoms with Gasteiger partial charge in [0, 0.05) is 6.99 Å². The molecule has 1 heteroatoms. The van der Waals surface area contributed by atoms with Crippen molar-refractivity contribution >= 4 is 0 Å². The summed E-state index contributed by atoms with van der Waals surface area (Å²) in [5.74, 6) is 0.628. The molecule has 2 N–H and O–H groups in total. The van der Waals surface area contributed by atoms with Gasteiger partial charge in [0.2, 0.25) is 0 Å². The van der Waals surface area contributed by atoms with E-state index in [0.29, 0.717) is 5.92 Å². The Morgan fingerprint density at radius 1 is 1.33 bits per heavy atom. The van der Waals surface area contributed by atoms with Crippen molar-refractivity contribution < 1.29 is 6.74 Å². The first-order chi connectivity index (χ1) is 5.74. The van der Waals surface area contributed by atoms with Gasteiger partial charge in [-0.2, -0.15) is 7.05 Å². The SMILES string of the molecule is [CH2-][NH2+]Cc1ccc(C(C)C)cc1.[HH]. The molecular formula is C11H19N. The fraction of sp³-hybridized carbons (Fsp3) is 0.364. The van der Waals surface area contributed by atoms with Crippen LogP contribution in [0.3, 0.4) is 0 Å². The van der Waals surface area contributed by atoms with E-state index >= 15 is 0 Å². The summed E-state index contributed by atoms with van der Waals surface area (Å²) in [6.45, 7) is 5.39. The van der Waals surface area contributed by atoms with E-state index in [1.54, 1.807) is 0 Å². The Bertz CT molecular complexity index is 228. The molecule has 0 atom stereocenters. The Morgan fingerprint density at radius 3 is 2.33 bits per heavy atom.